The van der Waals surface area contributed by atoms with E-state index in [1.807, 2.05) is 13.8 Å². The largest absolute Gasteiger partial charge is 0.490 e. The van der Waals surface area contributed by atoms with E-state index in [4.69, 9.17) is 9.47 Å². The minimum Gasteiger partial charge on any atom is -0.490 e. The first-order valence-corrected chi connectivity index (χ1v) is 10.9. The third kappa shape index (κ3) is 5.61. The van der Waals surface area contributed by atoms with Crippen molar-refractivity contribution in [2.45, 2.75) is 70.2 Å². The lowest BCUT2D eigenvalue weighted by Gasteiger charge is -2.29. The van der Waals surface area contributed by atoms with Crippen molar-refractivity contribution in [2.24, 2.45) is 5.92 Å². The number of rotatable bonds is 9. The topological polar surface area (TPSA) is 64.6 Å². The lowest BCUT2D eigenvalue weighted by atomic mass is 9.87. The monoisotopic (exact) mass is 369 g/mol. The average molecular weight is 370 g/mol. The van der Waals surface area contributed by atoms with Gasteiger partial charge in [-0.1, -0.05) is 33.6 Å². The predicted molar refractivity (Wildman–Crippen MR) is 99.8 cm³/mol. The Balaban J connectivity index is 2.20. The van der Waals surface area contributed by atoms with E-state index in [1.54, 1.807) is 18.2 Å². The fourth-order valence-corrected chi connectivity index (χ4v) is 4.46. The summed E-state index contributed by atoms with van der Waals surface area (Å²) in [7, 11) is -3.56. The molecule has 0 saturated heterocycles. The molecule has 1 aliphatic carbocycles. The zero-order valence-corrected chi connectivity index (χ0v) is 16.4. The van der Waals surface area contributed by atoms with E-state index in [9.17, 15) is 8.42 Å². The van der Waals surface area contributed by atoms with Crippen LogP contribution in [0.5, 0.6) is 11.5 Å². The average Bonchev–Trinajstić information content (AvgIpc) is 2.60. The van der Waals surface area contributed by atoms with E-state index < -0.39 is 10.0 Å². The molecule has 2 atom stereocenters. The molecule has 6 heteroatoms. The number of ether oxygens (including phenoxy) is 2. The highest BCUT2D eigenvalue weighted by atomic mass is 32.2. The molecule has 0 aliphatic heterocycles. The first kappa shape index (κ1) is 20.0. The minimum absolute atomic E-state index is 0.00905. The number of benzene rings is 1. The Labute approximate surface area is 152 Å². The summed E-state index contributed by atoms with van der Waals surface area (Å²) < 4.78 is 39.9. The summed E-state index contributed by atoms with van der Waals surface area (Å²) >= 11 is 0. The molecule has 5 nitrogen and oxygen atoms in total. The predicted octanol–water partition coefficient (Wildman–Crippen LogP) is 4.12. The molecule has 1 saturated carbocycles. The van der Waals surface area contributed by atoms with Gasteiger partial charge in [-0.25, -0.2) is 13.1 Å². The molecule has 25 heavy (non-hydrogen) atoms. The summed E-state index contributed by atoms with van der Waals surface area (Å²) in [6.07, 6.45) is 5.96. The smallest absolute Gasteiger partial charge is 0.240 e. The second kappa shape index (κ2) is 9.43. The number of sulfonamides is 1. The summed E-state index contributed by atoms with van der Waals surface area (Å²) in [5.74, 6) is 1.46. The highest BCUT2D eigenvalue weighted by Gasteiger charge is 2.27. The van der Waals surface area contributed by atoms with Gasteiger partial charge in [0.05, 0.1) is 18.1 Å². The molecule has 0 amide bonds. The Morgan fingerprint density at radius 2 is 1.68 bits per heavy atom. The van der Waals surface area contributed by atoms with Gasteiger partial charge in [0.25, 0.3) is 0 Å². The molecule has 0 unspecified atom stereocenters. The van der Waals surface area contributed by atoms with Gasteiger partial charge < -0.3 is 9.47 Å². The van der Waals surface area contributed by atoms with Crippen molar-refractivity contribution in [1.82, 2.24) is 4.72 Å². The van der Waals surface area contributed by atoms with Gasteiger partial charge in [-0.05, 0) is 43.7 Å². The number of nitrogens with one attached hydrogen (secondary N) is 1. The first-order valence-electron chi connectivity index (χ1n) is 9.40. The Bertz CT molecular complexity index is 645. The van der Waals surface area contributed by atoms with Crippen molar-refractivity contribution >= 4 is 10.0 Å². The van der Waals surface area contributed by atoms with Crippen molar-refractivity contribution in [3.8, 4) is 11.5 Å². The minimum atomic E-state index is -3.56. The molecular weight excluding hydrogens is 338 g/mol. The molecule has 0 heterocycles. The van der Waals surface area contributed by atoms with Crippen molar-refractivity contribution < 1.29 is 17.9 Å². The Kier molecular flexibility index (Phi) is 7.56. The molecule has 0 spiro atoms. The van der Waals surface area contributed by atoms with Crippen LogP contribution in [-0.2, 0) is 10.0 Å². The lowest BCUT2D eigenvalue weighted by molar-refractivity contribution is 0.267. The van der Waals surface area contributed by atoms with Crippen LogP contribution < -0.4 is 14.2 Å². The van der Waals surface area contributed by atoms with E-state index in [2.05, 4.69) is 11.6 Å². The first-order chi connectivity index (χ1) is 12.0. The van der Waals surface area contributed by atoms with E-state index >= 15 is 0 Å². The van der Waals surface area contributed by atoms with Gasteiger partial charge >= 0.3 is 0 Å². The zero-order valence-electron chi connectivity index (χ0n) is 15.6. The van der Waals surface area contributed by atoms with Gasteiger partial charge in [-0.2, -0.15) is 0 Å². The summed E-state index contributed by atoms with van der Waals surface area (Å²) in [5.41, 5.74) is 0. The van der Waals surface area contributed by atoms with Gasteiger partial charge in [0.15, 0.2) is 11.5 Å². The quantitative estimate of drug-likeness (QED) is 0.711. The third-order valence-electron chi connectivity index (χ3n) is 4.57. The molecule has 142 valence electrons. The van der Waals surface area contributed by atoms with Crippen LogP contribution in [0, 0.1) is 5.92 Å². The maximum atomic E-state index is 12.8. The van der Waals surface area contributed by atoms with Crippen LogP contribution >= 0.6 is 0 Å². The van der Waals surface area contributed by atoms with Crippen LogP contribution in [0.25, 0.3) is 0 Å². The van der Waals surface area contributed by atoms with E-state index in [-0.39, 0.29) is 10.9 Å². The summed E-state index contributed by atoms with van der Waals surface area (Å²) in [4.78, 5) is 0.236. The summed E-state index contributed by atoms with van der Waals surface area (Å²) in [5, 5.41) is 0. The Hall–Kier alpha value is -1.27. The molecule has 1 aromatic rings. The van der Waals surface area contributed by atoms with Crippen LogP contribution in [0.4, 0.5) is 0 Å². The molecule has 0 radical (unpaired) electrons. The van der Waals surface area contributed by atoms with Gasteiger partial charge in [0.1, 0.15) is 0 Å². The van der Waals surface area contributed by atoms with Crippen LogP contribution in [0.15, 0.2) is 23.1 Å². The summed E-state index contributed by atoms with van der Waals surface area (Å²) in [6, 6.07) is 4.88. The van der Waals surface area contributed by atoms with Gasteiger partial charge in [0, 0.05) is 12.1 Å². The summed E-state index contributed by atoms with van der Waals surface area (Å²) in [6.45, 7) is 7.26. The molecule has 0 aromatic heterocycles. The third-order valence-corrected chi connectivity index (χ3v) is 6.05. The Morgan fingerprint density at radius 1 is 1.04 bits per heavy atom. The van der Waals surface area contributed by atoms with Crippen molar-refractivity contribution in [3.05, 3.63) is 18.2 Å². The van der Waals surface area contributed by atoms with Gasteiger partial charge in [-0.15, -0.1) is 0 Å². The lowest BCUT2D eigenvalue weighted by Crippen LogP contribution is -2.40. The highest BCUT2D eigenvalue weighted by molar-refractivity contribution is 7.89. The molecule has 1 N–H and O–H groups in total. The number of hydrogen-bond acceptors (Lipinski definition) is 4. The zero-order chi connectivity index (χ0) is 18.3. The number of hydrogen-bond donors (Lipinski definition) is 1. The van der Waals surface area contributed by atoms with Crippen LogP contribution in [0.2, 0.25) is 0 Å². The molecule has 2 rings (SSSR count). The molecule has 0 bridgehead atoms. The van der Waals surface area contributed by atoms with Gasteiger partial charge in [0.2, 0.25) is 10.0 Å². The fraction of sp³-hybridized carbons (Fsp3) is 0.684. The van der Waals surface area contributed by atoms with E-state index in [0.717, 1.165) is 32.1 Å². The normalized spacial score (nSPS) is 21.1. The van der Waals surface area contributed by atoms with Crippen molar-refractivity contribution in [1.29, 1.82) is 0 Å². The van der Waals surface area contributed by atoms with E-state index in [1.165, 1.54) is 6.42 Å². The van der Waals surface area contributed by atoms with Crippen molar-refractivity contribution in [3.63, 3.8) is 0 Å². The molecule has 1 fully saturated rings. The van der Waals surface area contributed by atoms with Crippen LogP contribution in [0.3, 0.4) is 0 Å². The fourth-order valence-electron chi connectivity index (χ4n) is 3.07. The molecular formula is C19H31NO4S. The molecule has 1 aliphatic rings. The van der Waals surface area contributed by atoms with Gasteiger partial charge in [-0.3, -0.25) is 0 Å². The highest BCUT2D eigenvalue weighted by Crippen LogP contribution is 2.31. The van der Waals surface area contributed by atoms with Crippen LogP contribution in [-0.4, -0.2) is 27.7 Å². The maximum absolute atomic E-state index is 12.8. The van der Waals surface area contributed by atoms with Crippen LogP contribution in [0.1, 0.15) is 59.3 Å². The maximum Gasteiger partial charge on any atom is 0.240 e. The molecule has 1 aromatic carbocycles. The standard InChI is InChI=1S/C19H31NO4S/c1-4-12-23-18-11-10-16(14-19(18)24-13-5-2)25(21,22)20-17-9-7-6-8-15(17)3/h10-11,14-15,17,20H,4-9,12-13H2,1-3H3/t15-,17+/m0/s1. The Morgan fingerprint density at radius 3 is 2.32 bits per heavy atom. The second-order valence-electron chi connectivity index (χ2n) is 6.79. The SMILES string of the molecule is CCCOc1ccc(S(=O)(=O)N[C@@H]2CCCC[C@@H]2C)cc1OCCC. The van der Waals surface area contributed by atoms with Crippen molar-refractivity contribution in [2.75, 3.05) is 13.2 Å². The van der Waals surface area contributed by atoms with E-state index in [0.29, 0.717) is 30.6 Å². The second-order valence-corrected chi connectivity index (χ2v) is 8.51.